The van der Waals surface area contributed by atoms with E-state index in [1.807, 2.05) is 19.9 Å². The van der Waals surface area contributed by atoms with Gasteiger partial charge in [0.1, 0.15) is 0 Å². The average molecular weight is 270 g/mol. The summed E-state index contributed by atoms with van der Waals surface area (Å²) in [6, 6.07) is 8.12. The summed E-state index contributed by atoms with van der Waals surface area (Å²) in [5, 5.41) is 2.63. The molecule has 6 heteroatoms. The minimum atomic E-state index is -2.17. The van der Waals surface area contributed by atoms with E-state index in [0.29, 0.717) is 5.75 Å². The number of carbonyl (C=O) groups is 1. The van der Waals surface area contributed by atoms with Crippen LogP contribution in [-0.4, -0.2) is 19.1 Å². The highest BCUT2D eigenvalue weighted by molar-refractivity contribution is 7.37. The lowest BCUT2D eigenvalue weighted by Gasteiger charge is -2.13. The number of methoxy groups -OCH3 is 1. The molecule has 18 heavy (non-hydrogen) atoms. The fraction of sp³-hybridized carbons (Fsp3) is 0.417. The van der Waals surface area contributed by atoms with E-state index in [9.17, 15) is 9.36 Å². The zero-order valence-electron chi connectivity index (χ0n) is 10.6. The third kappa shape index (κ3) is 4.43. The van der Waals surface area contributed by atoms with Crippen molar-refractivity contribution in [3.05, 3.63) is 30.3 Å². The van der Waals surface area contributed by atoms with Crippen LogP contribution in [0.1, 0.15) is 13.8 Å². The first-order valence-electron chi connectivity index (χ1n) is 5.59. The lowest BCUT2D eigenvalue weighted by atomic mass is 10.1. The van der Waals surface area contributed by atoms with Gasteiger partial charge in [0.05, 0.1) is 7.11 Å². The van der Waals surface area contributed by atoms with Gasteiger partial charge in [0.15, 0.2) is 11.8 Å². The average Bonchev–Trinajstić information content (AvgIpc) is 2.36. The highest BCUT2D eigenvalue weighted by Crippen LogP contribution is 2.24. The minimum Gasteiger partial charge on any atom is -0.468 e. The Bertz CT molecular complexity index is 408. The minimum absolute atomic E-state index is 0.0456. The molecule has 0 radical (unpaired) electrons. The van der Waals surface area contributed by atoms with Crippen molar-refractivity contribution in [2.24, 2.45) is 5.92 Å². The molecule has 5 nitrogen and oxygen atoms in total. The molecule has 0 aliphatic carbocycles. The number of rotatable bonds is 6. The van der Waals surface area contributed by atoms with E-state index >= 15 is 0 Å². The van der Waals surface area contributed by atoms with Gasteiger partial charge in [-0.15, -0.1) is 0 Å². The molecule has 1 rings (SSSR count). The number of carbonyl (C=O) groups excluding carboxylic acids is 1. The number of hydrogen-bond donors (Lipinski definition) is 1. The lowest BCUT2D eigenvalue weighted by Crippen LogP contribution is -2.38. The number of benzene rings is 1. The molecular weight excluding hydrogens is 253 g/mol. The Labute approximate surface area is 107 Å². The summed E-state index contributed by atoms with van der Waals surface area (Å²) in [5.41, 5.74) is 0. The Balaban J connectivity index is 2.60. The molecule has 98 valence electrons. The molecule has 0 aliphatic heterocycles. The van der Waals surface area contributed by atoms with Gasteiger partial charge in [-0.25, -0.2) is 4.52 Å². The summed E-state index contributed by atoms with van der Waals surface area (Å²) in [6.45, 7) is 3.67. The van der Waals surface area contributed by atoms with Crippen LogP contribution in [0.15, 0.2) is 30.3 Å². The summed E-state index contributed by atoms with van der Waals surface area (Å²) >= 11 is 0. The van der Waals surface area contributed by atoms with E-state index in [1.165, 1.54) is 7.11 Å². The van der Waals surface area contributed by atoms with Gasteiger partial charge in [-0.05, 0) is 18.1 Å². The lowest BCUT2D eigenvalue weighted by molar-refractivity contribution is -0.143. The normalized spacial score (nSPS) is 13.0. The summed E-state index contributed by atoms with van der Waals surface area (Å²) in [5.74, 6) is -0.0146. The zero-order chi connectivity index (χ0) is 13.5. The molecule has 0 fully saturated rings. The largest absolute Gasteiger partial charge is 0.664 e. The van der Waals surface area contributed by atoms with Crippen molar-refractivity contribution in [3.63, 3.8) is 0 Å². The van der Waals surface area contributed by atoms with Gasteiger partial charge in [-0.2, -0.15) is 0 Å². The van der Waals surface area contributed by atoms with Crippen molar-refractivity contribution < 1.29 is 18.6 Å². The monoisotopic (exact) mass is 270 g/mol. The molecule has 0 aromatic heterocycles. The topological polar surface area (TPSA) is 64.6 Å². The molecule has 0 aliphatic rings. The number of para-hydroxylation sites is 1. The van der Waals surface area contributed by atoms with Crippen LogP contribution in [0, 0.1) is 5.92 Å². The van der Waals surface area contributed by atoms with E-state index in [0.717, 1.165) is 0 Å². The van der Waals surface area contributed by atoms with Crippen molar-refractivity contribution in [3.8, 4) is 5.75 Å². The molecule has 1 N–H and O–H groups in total. The van der Waals surface area contributed by atoms with Gasteiger partial charge in [0.2, 0.25) is 0 Å². The Morgan fingerprint density at radius 1 is 1.28 bits per heavy atom. The molecule has 1 aromatic rings. The Kier molecular flexibility index (Phi) is 5.75. The molecule has 2 atom stereocenters. The fourth-order valence-electron chi connectivity index (χ4n) is 1.32. The molecule has 1 aromatic carbocycles. The highest BCUT2D eigenvalue weighted by atomic mass is 31.1. The summed E-state index contributed by atoms with van der Waals surface area (Å²) < 4.78 is 21.6. The highest BCUT2D eigenvalue weighted by Gasteiger charge is 2.33. The van der Waals surface area contributed by atoms with Crippen molar-refractivity contribution in [2.75, 3.05) is 7.11 Å². The molecule has 0 spiro atoms. The van der Waals surface area contributed by atoms with E-state index in [4.69, 9.17) is 4.52 Å². The second kappa shape index (κ2) is 7.09. The van der Waals surface area contributed by atoms with Crippen LogP contribution in [-0.2, 0) is 14.1 Å². The van der Waals surface area contributed by atoms with Crippen LogP contribution in [0.5, 0.6) is 5.75 Å². The predicted molar refractivity (Wildman–Crippen MR) is 68.5 cm³/mol. The van der Waals surface area contributed by atoms with Crippen molar-refractivity contribution in [1.29, 1.82) is 0 Å². The Morgan fingerprint density at radius 2 is 1.89 bits per heavy atom. The molecule has 1 unspecified atom stereocenters. The summed E-state index contributed by atoms with van der Waals surface area (Å²) in [7, 11) is -0.872. The van der Waals surface area contributed by atoms with Crippen LogP contribution in [0.4, 0.5) is 0 Å². The van der Waals surface area contributed by atoms with Gasteiger partial charge in [-0.3, -0.25) is 4.79 Å². The molecule has 0 saturated carbocycles. The van der Waals surface area contributed by atoms with Crippen molar-refractivity contribution in [2.45, 2.75) is 19.9 Å². The third-order valence-corrected chi connectivity index (χ3v) is 3.16. The van der Waals surface area contributed by atoms with Crippen LogP contribution < -0.4 is 9.61 Å². The first-order valence-corrected chi connectivity index (χ1v) is 6.76. The zero-order valence-corrected chi connectivity index (χ0v) is 11.5. The molecule has 0 bridgehead atoms. The van der Waals surface area contributed by atoms with Gasteiger partial charge in [0.25, 0.3) is 0 Å². The van der Waals surface area contributed by atoms with Crippen molar-refractivity contribution >= 4 is 14.1 Å². The van der Waals surface area contributed by atoms with E-state index < -0.39 is 20.2 Å². The number of esters is 1. The molecule has 0 saturated heterocycles. The maximum Gasteiger partial charge on any atom is 0.664 e. The van der Waals surface area contributed by atoms with Gasteiger partial charge in [0, 0.05) is 4.57 Å². The number of nitrogens with one attached hydrogen (secondary N) is 1. The third-order valence-electron chi connectivity index (χ3n) is 2.30. The first kappa shape index (κ1) is 14.6. The second-order valence-corrected chi connectivity index (χ2v) is 4.99. The van der Waals surface area contributed by atoms with E-state index in [2.05, 4.69) is 9.82 Å². The maximum absolute atomic E-state index is 11.8. The van der Waals surface area contributed by atoms with Crippen molar-refractivity contribution in [1.82, 2.24) is 5.09 Å². The van der Waals surface area contributed by atoms with E-state index in [-0.39, 0.29) is 5.92 Å². The molecular formula is C12H17NO4P+. The SMILES string of the molecule is COC(=O)[C@@H](N[P+](=O)Oc1ccccc1)C(C)C. The maximum atomic E-state index is 11.8. The van der Waals surface area contributed by atoms with Gasteiger partial charge < -0.3 is 4.74 Å². The van der Waals surface area contributed by atoms with E-state index in [1.54, 1.807) is 24.3 Å². The molecule has 0 heterocycles. The van der Waals surface area contributed by atoms with Gasteiger partial charge in [-0.1, -0.05) is 37.1 Å². The number of ether oxygens (including phenoxy) is 1. The standard InChI is InChI=1S/C12H17NO4P/c1-9(2)11(12(14)16-3)13-18(15)17-10-7-5-4-6-8-10/h4-9,11H,1-3H3,(H,13,15)/q+1/t11-/m0/s1. The Hall–Kier alpha value is -1.45. The molecule has 0 amide bonds. The van der Waals surface area contributed by atoms with Crippen LogP contribution in [0.25, 0.3) is 0 Å². The van der Waals surface area contributed by atoms with Gasteiger partial charge >= 0.3 is 14.1 Å². The summed E-state index contributed by atoms with van der Waals surface area (Å²) in [4.78, 5) is 11.5. The smallest absolute Gasteiger partial charge is 0.468 e. The second-order valence-electron chi connectivity index (χ2n) is 4.04. The quantitative estimate of drug-likeness (QED) is 0.635. The summed E-state index contributed by atoms with van der Waals surface area (Å²) in [6.07, 6.45) is 0. The predicted octanol–water partition coefficient (Wildman–Crippen LogP) is 2.51. The van der Waals surface area contributed by atoms with Crippen LogP contribution in [0.3, 0.4) is 0 Å². The number of hydrogen-bond acceptors (Lipinski definition) is 4. The van der Waals surface area contributed by atoms with Crippen LogP contribution >= 0.6 is 8.18 Å². The first-order chi connectivity index (χ1) is 8.54. The Morgan fingerprint density at radius 3 is 2.39 bits per heavy atom. The van der Waals surface area contributed by atoms with Crippen LogP contribution in [0.2, 0.25) is 0 Å². The fourth-order valence-corrected chi connectivity index (χ4v) is 2.31.